The first-order valence-corrected chi connectivity index (χ1v) is 11.8. The van der Waals surface area contributed by atoms with Crippen molar-refractivity contribution in [1.82, 2.24) is 10.3 Å². The predicted molar refractivity (Wildman–Crippen MR) is 129 cm³/mol. The zero-order valence-electron chi connectivity index (χ0n) is 20.1. The Balaban J connectivity index is 1.77. The lowest BCUT2D eigenvalue weighted by atomic mass is 9.70. The average molecular weight is 492 g/mol. The summed E-state index contributed by atoms with van der Waals surface area (Å²) < 4.78 is 45.2. The largest absolute Gasteiger partial charge is 0.495 e. The molecule has 186 valence electrons. The van der Waals surface area contributed by atoms with Crippen LogP contribution in [0.15, 0.2) is 67.0 Å². The Labute approximate surface area is 208 Å². The summed E-state index contributed by atoms with van der Waals surface area (Å²) in [6.45, 7) is -0.0499. The minimum Gasteiger partial charge on any atom is -0.495 e. The van der Waals surface area contributed by atoms with Crippen LogP contribution in [0.4, 0.5) is 8.78 Å². The molecule has 2 aliphatic rings. The van der Waals surface area contributed by atoms with Gasteiger partial charge in [-0.05, 0) is 42.1 Å². The lowest BCUT2D eigenvalue weighted by Gasteiger charge is -2.42. The first-order chi connectivity index (χ1) is 17.5. The minimum absolute atomic E-state index is 0.118. The number of nitrogens with one attached hydrogen (secondary N) is 1. The third-order valence-electron chi connectivity index (χ3n) is 7.49. The van der Waals surface area contributed by atoms with E-state index in [9.17, 15) is 14.0 Å². The molecule has 2 aromatic carbocycles. The molecule has 0 spiro atoms. The van der Waals surface area contributed by atoms with Crippen LogP contribution < -0.4 is 14.8 Å². The third kappa shape index (κ3) is 3.54. The van der Waals surface area contributed by atoms with Crippen molar-refractivity contribution in [2.75, 3.05) is 27.3 Å². The summed E-state index contributed by atoms with van der Waals surface area (Å²) in [5.74, 6) is 0.708. The van der Waals surface area contributed by atoms with Gasteiger partial charge in [-0.2, -0.15) is 5.26 Å². The molecule has 1 aliphatic carbocycles. The standard InChI is InChI=1S/C28H27F2N3O3/c1-34-22-15-33-16-23-26(22)27(35-2)12-20(14-32-17-24(29)30)25(19-6-4-3-5-7-19)28(27,36-23)21-10-8-18(13-31)9-11-21/h3-11,15-16,20,24-25,32H,12,14,17H2,1-2H3/t20-,25-,27-,28+/m1/s1. The summed E-state index contributed by atoms with van der Waals surface area (Å²) in [5, 5.41) is 12.3. The number of hydrogen-bond donors (Lipinski definition) is 1. The third-order valence-corrected chi connectivity index (χ3v) is 7.49. The Hall–Kier alpha value is -3.54. The van der Waals surface area contributed by atoms with Crippen molar-refractivity contribution >= 4 is 0 Å². The molecule has 1 saturated carbocycles. The molecule has 0 amide bonds. The van der Waals surface area contributed by atoms with Crippen LogP contribution in [-0.2, 0) is 15.9 Å². The van der Waals surface area contributed by atoms with Gasteiger partial charge in [0.05, 0.1) is 43.2 Å². The van der Waals surface area contributed by atoms with Crippen molar-refractivity contribution in [2.24, 2.45) is 5.92 Å². The molecule has 1 N–H and O–H groups in total. The van der Waals surface area contributed by atoms with Crippen LogP contribution >= 0.6 is 0 Å². The van der Waals surface area contributed by atoms with Gasteiger partial charge in [-0.15, -0.1) is 0 Å². The van der Waals surface area contributed by atoms with Gasteiger partial charge in [0.25, 0.3) is 6.43 Å². The van der Waals surface area contributed by atoms with Crippen molar-refractivity contribution in [2.45, 2.75) is 30.0 Å². The molecule has 6 nitrogen and oxygen atoms in total. The number of benzene rings is 2. The van der Waals surface area contributed by atoms with Crippen LogP contribution in [0.2, 0.25) is 0 Å². The van der Waals surface area contributed by atoms with E-state index in [1.54, 1.807) is 38.7 Å². The number of hydrogen-bond acceptors (Lipinski definition) is 6. The van der Waals surface area contributed by atoms with Crippen molar-refractivity contribution < 1.29 is 23.0 Å². The van der Waals surface area contributed by atoms with Gasteiger partial charge in [-0.25, -0.2) is 8.78 Å². The van der Waals surface area contributed by atoms with Crippen LogP contribution in [0.5, 0.6) is 11.5 Å². The second-order valence-corrected chi connectivity index (χ2v) is 9.17. The number of halogens is 2. The molecule has 0 saturated heterocycles. The molecule has 4 atom stereocenters. The number of nitriles is 1. The molecule has 36 heavy (non-hydrogen) atoms. The van der Waals surface area contributed by atoms with Crippen LogP contribution in [-0.4, -0.2) is 38.7 Å². The van der Waals surface area contributed by atoms with Gasteiger partial charge in [0.1, 0.15) is 17.1 Å². The van der Waals surface area contributed by atoms with Gasteiger partial charge in [-0.3, -0.25) is 4.98 Å². The first-order valence-electron chi connectivity index (χ1n) is 11.8. The summed E-state index contributed by atoms with van der Waals surface area (Å²) in [7, 11) is 3.22. The highest BCUT2D eigenvalue weighted by Crippen LogP contribution is 2.70. The molecule has 0 bridgehead atoms. The highest BCUT2D eigenvalue weighted by molar-refractivity contribution is 5.58. The van der Waals surface area contributed by atoms with E-state index in [2.05, 4.69) is 16.4 Å². The lowest BCUT2D eigenvalue weighted by molar-refractivity contribution is -0.130. The number of methoxy groups -OCH3 is 2. The summed E-state index contributed by atoms with van der Waals surface area (Å²) >= 11 is 0. The second kappa shape index (κ2) is 9.49. The highest BCUT2D eigenvalue weighted by atomic mass is 19.3. The zero-order valence-corrected chi connectivity index (χ0v) is 20.1. The molecule has 1 aliphatic heterocycles. The van der Waals surface area contributed by atoms with E-state index in [4.69, 9.17) is 14.2 Å². The number of ether oxygens (including phenoxy) is 3. The average Bonchev–Trinajstić information content (AvgIpc) is 3.35. The van der Waals surface area contributed by atoms with Crippen molar-refractivity contribution in [1.29, 1.82) is 5.26 Å². The van der Waals surface area contributed by atoms with Gasteiger partial charge in [0.2, 0.25) is 0 Å². The minimum atomic E-state index is -2.45. The SMILES string of the molecule is COc1cncc2c1[C@]1(OC)C[C@H](CNCC(F)F)[C@@H](c3ccccc3)[C@]1(c1ccc(C#N)cc1)O2. The number of fused-ring (bicyclic) bond motifs is 3. The highest BCUT2D eigenvalue weighted by Gasteiger charge is 2.73. The van der Waals surface area contributed by atoms with Crippen LogP contribution in [0.25, 0.3) is 0 Å². The molecule has 1 aromatic heterocycles. The van der Waals surface area contributed by atoms with Gasteiger partial charge in [0, 0.05) is 13.0 Å². The van der Waals surface area contributed by atoms with Gasteiger partial charge >= 0.3 is 0 Å². The molecular formula is C28H27F2N3O3. The van der Waals surface area contributed by atoms with E-state index in [1.165, 1.54) is 0 Å². The Morgan fingerprint density at radius 2 is 1.89 bits per heavy atom. The Morgan fingerprint density at radius 1 is 1.14 bits per heavy atom. The Morgan fingerprint density at radius 3 is 2.53 bits per heavy atom. The molecule has 3 aromatic rings. The monoisotopic (exact) mass is 491 g/mol. The fourth-order valence-corrected chi connectivity index (χ4v) is 6.22. The number of nitrogens with zero attached hydrogens (tertiary/aromatic N) is 2. The van der Waals surface area contributed by atoms with E-state index in [-0.39, 0.29) is 11.8 Å². The number of rotatable bonds is 8. The molecule has 1 fully saturated rings. The lowest BCUT2D eigenvalue weighted by Crippen LogP contribution is -2.49. The first kappa shape index (κ1) is 24.2. The van der Waals surface area contributed by atoms with Gasteiger partial charge in [-0.1, -0.05) is 42.5 Å². The quantitative estimate of drug-likeness (QED) is 0.490. The van der Waals surface area contributed by atoms with Crippen molar-refractivity contribution in [3.05, 3.63) is 89.2 Å². The molecule has 0 unspecified atom stereocenters. The summed E-state index contributed by atoms with van der Waals surface area (Å²) in [6.07, 6.45) is 1.34. The number of pyridine rings is 1. The fraction of sp³-hybridized carbons (Fsp3) is 0.357. The fourth-order valence-electron chi connectivity index (χ4n) is 6.22. The molecule has 8 heteroatoms. The van der Waals surface area contributed by atoms with Crippen molar-refractivity contribution in [3.8, 4) is 17.6 Å². The molecule has 5 rings (SSSR count). The van der Waals surface area contributed by atoms with E-state index < -0.39 is 24.2 Å². The topological polar surface area (TPSA) is 76.4 Å². The molecular weight excluding hydrogens is 464 g/mol. The molecule has 2 heterocycles. The summed E-state index contributed by atoms with van der Waals surface area (Å²) in [5.41, 5.74) is 1.05. The summed E-state index contributed by atoms with van der Waals surface area (Å²) in [4.78, 5) is 4.31. The maximum absolute atomic E-state index is 13.0. The normalized spacial score (nSPS) is 26.2. The van der Waals surface area contributed by atoms with Crippen LogP contribution in [0.1, 0.15) is 34.6 Å². The maximum Gasteiger partial charge on any atom is 0.250 e. The van der Waals surface area contributed by atoms with Gasteiger partial charge < -0.3 is 19.5 Å². The van der Waals surface area contributed by atoms with E-state index >= 15 is 0 Å². The van der Waals surface area contributed by atoms with Crippen LogP contribution in [0.3, 0.4) is 0 Å². The Kier molecular flexibility index (Phi) is 6.37. The smallest absolute Gasteiger partial charge is 0.250 e. The van der Waals surface area contributed by atoms with E-state index in [1.807, 2.05) is 42.5 Å². The van der Waals surface area contributed by atoms with E-state index in [0.717, 1.165) is 16.7 Å². The van der Waals surface area contributed by atoms with E-state index in [0.29, 0.717) is 30.0 Å². The molecule has 0 radical (unpaired) electrons. The zero-order chi connectivity index (χ0) is 25.3. The van der Waals surface area contributed by atoms with Crippen LogP contribution in [0, 0.1) is 17.2 Å². The second-order valence-electron chi connectivity index (χ2n) is 9.17. The maximum atomic E-state index is 13.0. The summed E-state index contributed by atoms with van der Waals surface area (Å²) in [6, 6.07) is 19.4. The van der Waals surface area contributed by atoms with Crippen molar-refractivity contribution in [3.63, 3.8) is 0 Å². The van der Waals surface area contributed by atoms with Gasteiger partial charge in [0.15, 0.2) is 5.60 Å². The number of alkyl halides is 2. The Bertz CT molecular complexity index is 1270. The predicted octanol–water partition coefficient (Wildman–Crippen LogP) is 4.75. The number of aromatic nitrogens is 1.